The quantitative estimate of drug-likeness (QED) is 0.554. The van der Waals surface area contributed by atoms with Crippen LogP contribution in [0.25, 0.3) is 0 Å². The van der Waals surface area contributed by atoms with Gasteiger partial charge in [-0.2, -0.15) is 0 Å². The Kier molecular flexibility index (Phi) is 5.58. The fourth-order valence-electron chi connectivity index (χ4n) is 1.82. The highest BCUT2D eigenvalue weighted by molar-refractivity contribution is 8.00. The number of rotatable bonds is 5. The van der Waals surface area contributed by atoms with Crippen LogP contribution in [0.4, 0.5) is 4.79 Å². The van der Waals surface area contributed by atoms with E-state index in [0.717, 1.165) is 17.3 Å². The van der Waals surface area contributed by atoms with E-state index in [1.54, 1.807) is 26.0 Å². The van der Waals surface area contributed by atoms with Gasteiger partial charge in [0.15, 0.2) is 0 Å². The van der Waals surface area contributed by atoms with Crippen molar-refractivity contribution in [1.82, 2.24) is 25.5 Å². The van der Waals surface area contributed by atoms with Gasteiger partial charge in [-0.15, -0.1) is 10.2 Å². The van der Waals surface area contributed by atoms with Gasteiger partial charge in [0.2, 0.25) is 11.1 Å². The number of amides is 3. The van der Waals surface area contributed by atoms with Gasteiger partial charge in [-0.05, 0) is 19.4 Å². The number of urea groups is 1. The van der Waals surface area contributed by atoms with E-state index in [1.807, 2.05) is 18.2 Å². The Labute approximate surface area is 137 Å². The zero-order valence-corrected chi connectivity index (χ0v) is 13.6. The Bertz CT molecular complexity index is 688. The zero-order valence-electron chi connectivity index (χ0n) is 12.8. The molecule has 0 saturated carbocycles. The number of nitrogen functional groups attached to an aromatic ring is 1. The van der Waals surface area contributed by atoms with Crippen molar-refractivity contribution in [3.63, 3.8) is 0 Å². The number of nitrogens with zero attached hydrogens (tertiary/aromatic N) is 3. The highest BCUT2D eigenvalue weighted by Gasteiger charge is 2.26. The lowest BCUT2D eigenvalue weighted by Gasteiger charge is -2.15. The van der Waals surface area contributed by atoms with Crippen LogP contribution >= 0.6 is 11.8 Å². The SMILES string of the molecule is CCNC(=O)NC(=O)[C@@H](Sc1nnc(C)n1N)c1ccccc1. The van der Waals surface area contributed by atoms with Crippen LogP contribution in [0.15, 0.2) is 35.5 Å². The molecule has 23 heavy (non-hydrogen) atoms. The summed E-state index contributed by atoms with van der Waals surface area (Å²) in [7, 11) is 0. The van der Waals surface area contributed by atoms with Gasteiger partial charge in [0.05, 0.1) is 0 Å². The van der Waals surface area contributed by atoms with Gasteiger partial charge < -0.3 is 11.2 Å². The van der Waals surface area contributed by atoms with E-state index in [0.29, 0.717) is 17.5 Å². The molecule has 0 fully saturated rings. The third kappa shape index (κ3) is 4.22. The van der Waals surface area contributed by atoms with Crippen LogP contribution in [-0.2, 0) is 4.79 Å². The summed E-state index contributed by atoms with van der Waals surface area (Å²) in [6.07, 6.45) is 0. The average molecular weight is 334 g/mol. The minimum atomic E-state index is -0.676. The molecule has 4 N–H and O–H groups in total. The van der Waals surface area contributed by atoms with E-state index in [2.05, 4.69) is 20.8 Å². The lowest BCUT2D eigenvalue weighted by Crippen LogP contribution is -2.41. The number of aryl methyl sites for hydroxylation is 1. The van der Waals surface area contributed by atoms with E-state index < -0.39 is 17.2 Å². The van der Waals surface area contributed by atoms with Gasteiger partial charge in [-0.1, -0.05) is 42.1 Å². The van der Waals surface area contributed by atoms with Crippen LogP contribution in [0, 0.1) is 6.92 Å². The molecule has 1 atom stereocenters. The van der Waals surface area contributed by atoms with Crippen LogP contribution in [0.1, 0.15) is 23.6 Å². The summed E-state index contributed by atoms with van der Waals surface area (Å²) in [5.74, 6) is 5.92. The number of nitrogens with two attached hydrogens (primary N) is 1. The lowest BCUT2D eigenvalue weighted by molar-refractivity contribution is -0.119. The Morgan fingerprint density at radius 3 is 2.57 bits per heavy atom. The van der Waals surface area contributed by atoms with E-state index >= 15 is 0 Å². The summed E-state index contributed by atoms with van der Waals surface area (Å²) in [5.41, 5.74) is 0.736. The number of nitrogens with one attached hydrogen (secondary N) is 2. The Morgan fingerprint density at radius 2 is 2.00 bits per heavy atom. The van der Waals surface area contributed by atoms with Gasteiger partial charge in [0, 0.05) is 6.54 Å². The average Bonchev–Trinajstić information content (AvgIpc) is 2.85. The molecule has 0 spiro atoms. The largest absolute Gasteiger partial charge is 0.338 e. The second-order valence-electron chi connectivity index (χ2n) is 4.66. The lowest BCUT2D eigenvalue weighted by atomic mass is 10.1. The second kappa shape index (κ2) is 7.63. The molecule has 0 bridgehead atoms. The van der Waals surface area contributed by atoms with E-state index in [1.165, 1.54) is 4.68 Å². The van der Waals surface area contributed by atoms with Crippen LogP contribution in [0.5, 0.6) is 0 Å². The molecular weight excluding hydrogens is 316 g/mol. The monoisotopic (exact) mass is 334 g/mol. The molecule has 0 unspecified atom stereocenters. The number of aromatic nitrogens is 3. The summed E-state index contributed by atoms with van der Waals surface area (Å²) in [5, 5.41) is 12.4. The number of carbonyl (C=O) groups excluding carboxylic acids is 2. The normalized spacial score (nSPS) is 11.7. The summed E-state index contributed by atoms with van der Waals surface area (Å²) in [4.78, 5) is 24.1. The van der Waals surface area contributed by atoms with E-state index in [4.69, 9.17) is 5.84 Å². The maximum absolute atomic E-state index is 12.5. The minimum Gasteiger partial charge on any atom is -0.338 e. The predicted molar refractivity (Wildman–Crippen MR) is 87.2 cm³/mol. The molecule has 2 rings (SSSR count). The summed E-state index contributed by atoms with van der Waals surface area (Å²) < 4.78 is 1.31. The van der Waals surface area contributed by atoms with Gasteiger partial charge in [-0.3, -0.25) is 10.1 Å². The maximum Gasteiger partial charge on any atom is 0.321 e. The summed E-state index contributed by atoms with van der Waals surface area (Å²) >= 11 is 1.13. The highest BCUT2D eigenvalue weighted by atomic mass is 32.2. The molecule has 1 aromatic heterocycles. The second-order valence-corrected chi connectivity index (χ2v) is 5.73. The number of hydrogen-bond acceptors (Lipinski definition) is 6. The molecule has 9 heteroatoms. The maximum atomic E-state index is 12.5. The van der Waals surface area contributed by atoms with Gasteiger partial charge >= 0.3 is 6.03 Å². The van der Waals surface area contributed by atoms with E-state index in [9.17, 15) is 9.59 Å². The van der Waals surface area contributed by atoms with Gasteiger partial charge in [-0.25, -0.2) is 9.47 Å². The van der Waals surface area contributed by atoms with Crippen LogP contribution < -0.4 is 16.5 Å². The molecule has 0 radical (unpaired) electrons. The fraction of sp³-hybridized carbons (Fsp3) is 0.286. The van der Waals surface area contributed by atoms with Crippen molar-refractivity contribution in [1.29, 1.82) is 0 Å². The number of benzene rings is 1. The number of hydrogen-bond donors (Lipinski definition) is 3. The molecule has 0 aliphatic heterocycles. The Balaban J connectivity index is 2.23. The molecule has 0 aliphatic rings. The molecule has 1 aromatic carbocycles. The van der Waals surface area contributed by atoms with Crippen LogP contribution in [-0.4, -0.2) is 33.4 Å². The molecule has 1 heterocycles. The smallest absolute Gasteiger partial charge is 0.321 e. The topological polar surface area (TPSA) is 115 Å². The van der Waals surface area contributed by atoms with Crippen molar-refractivity contribution >= 4 is 23.7 Å². The molecule has 3 amide bonds. The molecule has 122 valence electrons. The molecule has 0 aliphatic carbocycles. The molecule has 2 aromatic rings. The van der Waals surface area contributed by atoms with Crippen molar-refractivity contribution in [2.45, 2.75) is 24.3 Å². The first kappa shape index (κ1) is 16.8. The zero-order chi connectivity index (χ0) is 16.8. The van der Waals surface area contributed by atoms with Crippen LogP contribution in [0.3, 0.4) is 0 Å². The van der Waals surface area contributed by atoms with Crippen molar-refractivity contribution < 1.29 is 9.59 Å². The van der Waals surface area contributed by atoms with Gasteiger partial charge in [0.25, 0.3) is 0 Å². The van der Waals surface area contributed by atoms with Crippen molar-refractivity contribution in [2.75, 3.05) is 12.4 Å². The standard InChI is InChI=1S/C14H18N6O2S/c1-3-16-13(22)17-12(21)11(10-7-5-4-6-8-10)23-14-19-18-9(2)20(14)15/h4-8,11H,3,15H2,1-2H3,(H2,16,17,21,22)/t11-/m0/s1. The van der Waals surface area contributed by atoms with Crippen molar-refractivity contribution in [2.24, 2.45) is 0 Å². The molecule has 0 saturated heterocycles. The first-order valence-electron chi connectivity index (χ1n) is 7.00. The molecular formula is C14H18N6O2S. The third-order valence-electron chi connectivity index (χ3n) is 2.97. The summed E-state index contributed by atoms with van der Waals surface area (Å²) in [6, 6.07) is 8.56. The van der Waals surface area contributed by atoms with Crippen molar-refractivity contribution in [3.05, 3.63) is 41.7 Å². The first-order chi connectivity index (χ1) is 11.0. The van der Waals surface area contributed by atoms with Gasteiger partial charge in [0.1, 0.15) is 11.1 Å². The van der Waals surface area contributed by atoms with E-state index in [-0.39, 0.29) is 0 Å². The predicted octanol–water partition coefficient (Wildman–Crippen LogP) is 0.979. The number of carbonyl (C=O) groups is 2. The van der Waals surface area contributed by atoms with Crippen LogP contribution in [0.2, 0.25) is 0 Å². The third-order valence-corrected chi connectivity index (χ3v) is 4.18. The first-order valence-corrected chi connectivity index (χ1v) is 7.88. The van der Waals surface area contributed by atoms with Crippen molar-refractivity contribution in [3.8, 4) is 0 Å². The minimum absolute atomic E-state index is 0.391. The molecule has 8 nitrogen and oxygen atoms in total. The highest BCUT2D eigenvalue weighted by Crippen LogP contribution is 2.34. The number of thioether (sulfide) groups is 1. The number of imide groups is 1. The Morgan fingerprint density at radius 1 is 1.30 bits per heavy atom. The summed E-state index contributed by atoms with van der Waals surface area (Å²) in [6.45, 7) is 3.91. The Hall–Kier alpha value is -2.55. The fourth-order valence-corrected chi connectivity index (χ4v) is 2.82.